The molecule has 0 aliphatic carbocycles. The van der Waals surface area contributed by atoms with Crippen molar-refractivity contribution in [3.05, 3.63) is 28.8 Å². The Bertz CT molecular complexity index is 521. The fraction of sp³-hybridized carbons (Fsp3) is 0.273. The SMILES string of the molecule is O=C(CCCl)NC(=O)Nc1ccc(Cl)cc1C(F)(F)F. The van der Waals surface area contributed by atoms with Crippen molar-refractivity contribution in [2.45, 2.75) is 12.6 Å². The number of imide groups is 1. The maximum absolute atomic E-state index is 12.7. The summed E-state index contributed by atoms with van der Waals surface area (Å²) in [6.45, 7) is 0. The van der Waals surface area contributed by atoms with Gasteiger partial charge in [0.25, 0.3) is 0 Å². The number of rotatable bonds is 3. The number of anilines is 1. The van der Waals surface area contributed by atoms with Crippen molar-refractivity contribution in [3.8, 4) is 0 Å². The number of carbonyl (C=O) groups excluding carboxylic acids is 2. The average Bonchev–Trinajstić information content (AvgIpc) is 2.30. The number of hydrogen-bond acceptors (Lipinski definition) is 2. The Morgan fingerprint density at radius 1 is 1.25 bits per heavy atom. The highest BCUT2D eigenvalue weighted by molar-refractivity contribution is 6.30. The molecule has 1 rings (SSSR count). The van der Waals surface area contributed by atoms with Crippen LogP contribution in [0.3, 0.4) is 0 Å². The van der Waals surface area contributed by atoms with E-state index in [0.717, 1.165) is 6.07 Å². The summed E-state index contributed by atoms with van der Waals surface area (Å²) in [5, 5.41) is 3.67. The number of nitrogens with one attached hydrogen (secondary N) is 2. The second-order valence-corrected chi connectivity index (χ2v) is 4.44. The highest BCUT2D eigenvalue weighted by Crippen LogP contribution is 2.36. The van der Waals surface area contributed by atoms with Crippen LogP contribution in [0.1, 0.15) is 12.0 Å². The Labute approximate surface area is 122 Å². The Morgan fingerprint density at radius 3 is 2.45 bits per heavy atom. The molecule has 2 N–H and O–H groups in total. The molecule has 1 aromatic rings. The minimum Gasteiger partial charge on any atom is -0.307 e. The molecule has 0 aliphatic heterocycles. The molecule has 110 valence electrons. The molecule has 1 aromatic carbocycles. The second kappa shape index (κ2) is 6.81. The summed E-state index contributed by atoms with van der Waals surface area (Å²) in [6.07, 6.45) is -4.81. The van der Waals surface area contributed by atoms with Gasteiger partial charge in [-0.3, -0.25) is 10.1 Å². The Morgan fingerprint density at radius 2 is 1.90 bits per heavy atom. The Kier molecular flexibility index (Phi) is 5.64. The summed E-state index contributed by atoms with van der Waals surface area (Å²) >= 11 is 10.8. The van der Waals surface area contributed by atoms with Gasteiger partial charge in [-0.2, -0.15) is 13.2 Å². The Hall–Kier alpha value is -1.47. The number of hydrogen-bond donors (Lipinski definition) is 2. The smallest absolute Gasteiger partial charge is 0.307 e. The zero-order chi connectivity index (χ0) is 15.3. The lowest BCUT2D eigenvalue weighted by atomic mass is 10.1. The lowest BCUT2D eigenvalue weighted by Gasteiger charge is -2.14. The van der Waals surface area contributed by atoms with Crippen LogP contribution >= 0.6 is 23.2 Å². The monoisotopic (exact) mass is 328 g/mol. The van der Waals surface area contributed by atoms with Gasteiger partial charge in [0.15, 0.2) is 0 Å². The summed E-state index contributed by atoms with van der Waals surface area (Å²) in [6, 6.07) is 1.79. The maximum atomic E-state index is 12.7. The van der Waals surface area contributed by atoms with Gasteiger partial charge in [0.05, 0.1) is 11.3 Å². The lowest BCUT2D eigenvalue weighted by molar-refractivity contribution is -0.136. The van der Waals surface area contributed by atoms with Crippen LogP contribution < -0.4 is 10.6 Å². The van der Waals surface area contributed by atoms with Crippen LogP contribution in [-0.4, -0.2) is 17.8 Å². The zero-order valence-electron chi connectivity index (χ0n) is 9.85. The van der Waals surface area contributed by atoms with E-state index in [9.17, 15) is 22.8 Å². The summed E-state index contributed by atoms with van der Waals surface area (Å²) in [5.41, 5.74) is -1.61. The van der Waals surface area contributed by atoms with Crippen molar-refractivity contribution in [2.75, 3.05) is 11.2 Å². The predicted molar refractivity (Wildman–Crippen MR) is 69.0 cm³/mol. The van der Waals surface area contributed by atoms with Gasteiger partial charge in [-0.25, -0.2) is 4.79 Å². The molecule has 0 atom stereocenters. The van der Waals surface area contributed by atoms with E-state index in [1.165, 1.54) is 6.07 Å². The molecule has 9 heteroatoms. The van der Waals surface area contributed by atoms with Crippen LogP contribution in [0, 0.1) is 0 Å². The number of amides is 3. The number of benzene rings is 1. The molecule has 0 bridgehead atoms. The standard InChI is InChI=1S/C11H9Cl2F3N2O2/c12-4-3-9(19)18-10(20)17-8-2-1-6(13)5-7(8)11(14,15)16/h1-2,5H,3-4H2,(H2,17,18,19,20). The highest BCUT2D eigenvalue weighted by atomic mass is 35.5. The van der Waals surface area contributed by atoms with E-state index in [4.69, 9.17) is 23.2 Å². The minimum atomic E-state index is -4.69. The largest absolute Gasteiger partial charge is 0.418 e. The van der Waals surface area contributed by atoms with Gasteiger partial charge >= 0.3 is 12.2 Å². The molecule has 0 aliphatic rings. The first-order valence-corrected chi connectivity index (χ1v) is 6.19. The van der Waals surface area contributed by atoms with Crippen LogP contribution in [-0.2, 0) is 11.0 Å². The third-order valence-corrected chi connectivity index (χ3v) is 2.53. The molecular formula is C11H9Cl2F3N2O2. The van der Waals surface area contributed by atoms with E-state index in [0.29, 0.717) is 6.07 Å². The van der Waals surface area contributed by atoms with Gasteiger partial charge in [0, 0.05) is 17.3 Å². The van der Waals surface area contributed by atoms with Crippen LogP contribution in [0.15, 0.2) is 18.2 Å². The van der Waals surface area contributed by atoms with Crippen molar-refractivity contribution < 1.29 is 22.8 Å². The highest BCUT2D eigenvalue weighted by Gasteiger charge is 2.34. The van der Waals surface area contributed by atoms with Gasteiger partial charge in [0.2, 0.25) is 5.91 Å². The maximum Gasteiger partial charge on any atom is 0.418 e. The Balaban J connectivity index is 2.87. The van der Waals surface area contributed by atoms with E-state index in [1.54, 1.807) is 0 Å². The predicted octanol–water partition coefficient (Wildman–Crippen LogP) is 3.64. The fourth-order valence-corrected chi connectivity index (χ4v) is 1.63. The first kappa shape index (κ1) is 16.6. The van der Waals surface area contributed by atoms with Gasteiger partial charge in [-0.05, 0) is 18.2 Å². The summed E-state index contributed by atoms with van der Waals surface area (Å²) in [7, 11) is 0. The molecule has 0 unspecified atom stereocenters. The van der Waals surface area contributed by atoms with Crippen LogP contribution in [0.25, 0.3) is 0 Å². The first-order valence-electron chi connectivity index (χ1n) is 5.27. The average molecular weight is 329 g/mol. The third-order valence-electron chi connectivity index (χ3n) is 2.11. The van der Waals surface area contributed by atoms with Gasteiger partial charge in [-0.1, -0.05) is 11.6 Å². The van der Waals surface area contributed by atoms with E-state index in [1.807, 2.05) is 10.6 Å². The number of halogens is 5. The fourth-order valence-electron chi connectivity index (χ4n) is 1.29. The molecule has 3 amide bonds. The molecule has 0 spiro atoms. The molecule has 0 radical (unpaired) electrons. The van der Waals surface area contributed by atoms with Crippen molar-refractivity contribution in [3.63, 3.8) is 0 Å². The quantitative estimate of drug-likeness (QED) is 0.832. The van der Waals surface area contributed by atoms with Crippen LogP contribution in [0.5, 0.6) is 0 Å². The summed E-state index contributed by atoms with van der Waals surface area (Å²) < 4.78 is 38.2. The van der Waals surface area contributed by atoms with Crippen molar-refractivity contribution >= 4 is 40.8 Å². The molecule has 0 fully saturated rings. The number of urea groups is 1. The molecule has 0 saturated carbocycles. The molecule has 4 nitrogen and oxygen atoms in total. The van der Waals surface area contributed by atoms with Gasteiger partial charge in [-0.15, -0.1) is 11.6 Å². The lowest BCUT2D eigenvalue weighted by Crippen LogP contribution is -2.34. The van der Waals surface area contributed by atoms with Crippen molar-refractivity contribution in [1.29, 1.82) is 0 Å². The van der Waals surface area contributed by atoms with Gasteiger partial charge in [0.1, 0.15) is 0 Å². The zero-order valence-corrected chi connectivity index (χ0v) is 11.4. The van der Waals surface area contributed by atoms with E-state index < -0.39 is 29.4 Å². The molecule has 20 heavy (non-hydrogen) atoms. The van der Waals surface area contributed by atoms with E-state index in [-0.39, 0.29) is 17.3 Å². The molecular weight excluding hydrogens is 320 g/mol. The van der Waals surface area contributed by atoms with Crippen LogP contribution in [0.4, 0.5) is 23.7 Å². The third kappa shape index (κ3) is 4.90. The van der Waals surface area contributed by atoms with Crippen molar-refractivity contribution in [2.24, 2.45) is 0 Å². The van der Waals surface area contributed by atoms with Crippen LogP contribution in [0.2, 0.25) is 5.02 Å². The van der Waals surface area contributed by atoms with Crippen molar-refractivity contribution in [1.82, 2.24) is 5.32 Å². The van der Waals surface area contributed by atoms with E-state index >= 15 is 0 Å². The van der Waals surface area contributed by atoms with E-state index in [2.05, 4.69) is 0 Å². The summed E-state index contributed by atoms with van der Waals surface area (Å²) in [4.78, 5) is 22.5. The number of alkyl halides is 4. The first-order chi connectivity index (χ1) is 9.24. The minimum absolute atomic E-state index is 0.00609. The molecule has 0 aromatic heterocycles. The number of carbonyl (C=O) groups is 2. The normalized spacial score (nSPS) is 11.1. The van der Waals surface area contributed by atoms with Gasteiger partial charge < -0.3 is 5.32 Å². The molecule has 0 saturated heterocycles. The summed E-state index contributed by atoms with van der Waals surface area (Å²) in [5.74, 6) is -0.701. The second-order valence-electron chi connectivity index (χ2n) is 3.63. The molecule has 0 heterocycles. The topological polar surface area (TPSA) is 58.2 Å².